The Morgan fingerprint density at radius 3 is 1.53 bits per heavy atom. The van der Waals surface area contributed by atoms with E-state index in [1.807, 2.05) is 36.5 Å². The molecule has 0 radical (unpaired) electrons. The largest absolute Gasteiger partial charge is 0.310 e. The number of nitrogens with zero attached hydrogens (tertiary/aromatic N) is 3. The normalized spacial score (nSPS) is 12.8. The van der Waals surface area contributed by atoms with Crippen LogP contribution in [0, 0.1) is 11.3 Å². The fraction of sp³-hybridized carbons (Fsp3) is 0.0545. The second-order valence-corrected chi connectivity index (χ2v) is 16.0. The smallest absolute Gasteiger partial charge is 0.0991 e. The number of rotatable bonds is 6. The van der Waals surface area contributed by atoms with Crippen LogP contribution in [0.2, 0.25) is 0 Å². The van der Waals surface area contributed by atoms with Crippen LogP contribution in [0.4, 0.5) is 17.1 Å². The fourth-order valence-corrected chi connectivity index (χ4v) is 9.31. The summed E-state index contributed by atoms with van der Waals surface area (Å²) in [7, 11) is 0. The molecule has 0 saturated carbocycles. The van der Waals surface area contributed by atoms with Crippen molar-refractivity contribution >= 4 is 49.4 Å². The Morgan fingerprint density at radius 2 is 0.948 bits per heavy atom. The van der Waals surface area contributed by atoms with Gasteiger partial charge >= 0.3 is 0 Å². The lowest BCUT2D eigenvalue weighted by Crippen LogP contribution is -2.16. The Balaban J connectivity index is 0.972. The molecule has 9 aromatic carbocycles. The molecule has 0 atom stereocenters. The maximum absolute atomic E-state index is 9.56. The molecule has 58 heavy (non-hydrogen) atoms. The molecule has 1 aliphatic carbocycles. The highest BCUT2D eigenvalue weighted by Crippen LogP contribution is 2.52. The fourth-order valence-electron chi connectivity index (χ4n) is 9.31. The maximum Gasteiger partial charge on any atom is 0.0991 e. The molecule has 0 bridgehead atoms. The molecule has 0 unspecified atom stereocenters. The summed E-state index contributed by atoms with van der Waals surface area (Å²) in [6.45, 7) is 4.70. The number of nitriles is 1. The van der Waals surface area contributed by atoms with Gasteiger partial charge in [0.15, 0.2) is 0 Å². The Hall–Kier alpha value is -7.54. The summed E-state index contributed by atoms with van der Waals surface area (Å²) in [5.74, 6) is 0. The number of hydrogen-bond donors (Lipinski definition) is 0. The minimum atomic E-state index is -0.232. The predicted octanol–water partition coefficient (Wildman–Crippen LogP) is 14.6. The van der Waals surface area contributed by atoms with Crippen molar-refractivity contribution in [2.75, 3.05) is 4.90 Å². The molecular formula is C55H37N3. The number of hydrogen-bond acceptors (Lipinski definition) is 3. The zero-order valence-corrected chi connectivity index (χ0v) is 32.2. The van der Waals surface area contributed by atoms with Gasteiger partial charge in [0.1, 0.15) is 0 Å². The SMILES string of the molecule is CC1(C)c2cc(-c3cc4ccc5cc(-c6ccccc6)cc6ccc(c3)c4c56)ccc2-c2ccc(N(c3ccc(C#N)cc3)c3ccc(-c4cccnc4)cc3)cc21. The lowest BCUT2D eigenvalue weighted by Gasteiger charge is -2.28. The third kappa shape index (κ3) is 5.38. The van der Waals surface area contributed by atoms with E-state index in [9.17, 15) is 5.26 Å². The summed E-state index contributed by atoms with van der Waals surface area (Å²) >= 11 is 0. The van der Waals surface area contributed by atoms with Gasteiger partial charge in [-0.2, -0.15) is 5.26 Å². The number of anilines is 3. The quantitative estimate of drug-likeness (QED) is 0.159. The van der Waals surface area contributed by atoms with Crippen molar-refractivity contribution in [2.24, 2.45) is 0 Å². The van der Waals surface area contributed by atoms with Crippen LogP contribution in [0.15, 0.2) is 188 Å². The standard InChI is InChI=1S/C55H37N3/c1-55(2)51-31-38(45-29-41-14-12-39-27-44(36-7-4-3-5-8-36)28-40-13-15-42(30-45)54(41)53(39)40)18-24-49(51)50-25-23-48(32-52(50)55)58(46-19-10-35(33-56)11-20-46)47-21-16-37(17-22-47)43-9-6-26-57-34-43/h3-32,34H,1-2H3. The maximum atomic E-state index is 9.56. The van der Waals surface area contributed by atoms with Gasteiger partial charge in [-0.25, -0.2) is 0 Å². The summed E-state index contributed by atoms with van der Waals surface area (Å²) in [5, 5.41) is 17.3. The highest BCUT2D eigenvalue weighted by Gasteiger charge is 2.36. The van der Waals surface area contributed by atoms with E-state index in [1.54, 1.807) is 6.20 Å². The zero-order chi connectivity index (χ0) is 39.0. The minimum Gasteiger partial charge on any atom is -0.310 e. The Kier molecular flexibility index (Phi) is 7.58. The van der Waals surface area contributed by atoms with Gasteiger partial charge in [0.05, 0.1) is 11.6 Å². The molecule has 10 aromatic rings. The van der Waals surface area contributed by atoms with E-state index in [2.05, 4.69) is 175 Å². The van der Waals surface area contributed by atoms with E-state index in [0.717, 1.165) is 28.2 Å². The predicted molar refractivity (Wildman–Crippen MR) is 241 cm³/mol. The molecule has 3 heteroatoms. The lowest BCUT2D eigenvalue weighted by atomic mass is 9.81. The number of fused-ring (bicyclic) bond motifs is 3. The van der Waals surface area contributed by atoms with E-state index >= 15 is 0 Å². The average molecular weight is 740 g/mol. The van der Waals surface area contributed by atoms with Crippen LogP contribution in [0.25, 0.3) is 76.8 Å². The Bertz CT molecular complexity index is 3160. The van der Waals surface area contributed by atoms with E-state index in [1.165, 1.54) is 76.8 Å². The molecule has 1 aliphatic rings. The molecular weight excluding hydrogens is 703 g/mol. The third-order valence-electron chi connectivity index (χ3n) is 12.3. The molecule has 1 aromatic heterocycles. The van der Waals surface area contributed by atoms with Crippen LogP contribution in [0.1, 0.15) is 30.5 Å². The number of benzene rings is 9. The van der Waals surface area contributed by atoms with Gasteiger partial charge < -0.3 is 4.90 Å². The Morgan fingerprint density at radius 1 is 0.448 bits per heavy atom. The second kappa shape index (κ2) is 13.0. The molecule has 0 saturated heterocycles. The van der Waals surface area contributed by atoms with Crippen molar-refractivity contribution in [3.8, 4) is 50.6 Å². The van der Waals surface area contributed by atoms with Gasteiger partial charge in [0, 0.05) is 34.9 Å². The van der Waals surface area contributed by atoms with Crippen LogP contribution in [-0.4, -0.2) is 4.98 Å². The summed E-state index contributed by atoms with van der Waals surface area (Å²) in [5.41, 5.74) is 15.8. The topological polar surface area (TPSA) is 39.9 Å². The Labute approximate surface area is 338 Å². The van der Waals surface area contributed by atoms with Crippen molar-refractivity contribution < 1.29 is 0 Å². The van der Waals surface area contributed by atoms with Crippen molar-refractivity contribution in [3.63, 3.8) is 0 Å². The van der Waals surface area contributed by atoms with Crippen LogP contribution in [-0.2, 0) is 5.41 Å². The van der Waals surface area contributed by atoms with Gasteiger partial charge in [-0.3, -0.25) is 4.98 Å². The van der Waals surface area contributed by atoms with Gasteiger partial charge in [-0.15, -0.1) is 0 Å². The van der Waals surface area contributed by atoms with Gasteiger partial charge in [0.2, 0.25) is 0 Å². The van der Waals surface area contributed by atoms with E-state index in [0.29, 0.717) is 5.56 Å². The molecule has 1 heterocycles. The first kappa shape index (κ1) is 33.8. The molecule has 0 N–H and O–H groups in total. The first-order valence-corrected chi connectivity index (χ1v) is 19.8. The average Bonchev–Trinajstić information content (AvgIpc) is 3.51. The van der Waals surface area contributed by atoms with Crippen molar-refractivity contribution in [1.82, 2.24) is 4.98 Å². The molecule has 3 nitrogen and oxygen atoms in total. The number of aromatic nitrogens is 1. The first-order chi connectivity index (χ1) is 28.4. The summed E-state index contributed by atoms with van der Waals surface area (Å²) < 4.78 is 0. The molecule has 11 rings (SSSR count). The van der Waals surface area contributed by atoms with Crippen LogP contribution < -0.4 is 4.90 Å². The van der Waals surface area contributed by atoms with Crippen LogP contribution in [0.5, 0.6) is 0 Å². The lowest BCUT2D eigenvalue weighted by molar-refractivity contribution is 0.660. The van der Waals surface area contributed by atoms with Crippen LogP contribution >= 0.6 is 0 Å². The van der Waals surface area contributed by atoms with Crippen molar-refractivity contribution in [3.05, 3.63) is 205 Å². The van der Waals surface area contributed by atoms with Gasteiger partial charge in [0.25, 0.3) is 0 Å². The zero-order valence-electron chi connectivity index (χ0n) is 32.2. The minimum absolute atomic E-state index is 0.232. The summed E-state index contributed by atoms with van der Waals surface area (Å²) in [4.78, 5) is 6.60. The van der Waals surface area contributed by atoms with E-state index < -0.39 is 0 Å². The third-order valence-corrected chi connectivity index (χ3v) is 12.3. The monoisotopic (exact) mass is 739 g/mol. The molecule has 0 amide bonds. The van der Waals surface area contributed by atoms with Crippen LogP contribution in [0.3, 0.4) is 0 Å². The number of pyridine rings is 1. The van der Waals surface area contributed by atoms with Crippen molar-refractivity contribution in [2.45, 2.75) is 19.3 Å². The van der Waals surface area contributed by atoms with E-state index in [-0.39, 0.29) is 5.41 Å². The molecule has 0 spiro atoms. The molecule has 272 valence electrons. The van der Waals surface area contributed by atoms with E-state index in [4.69, 9.17) is 0 Å². The van der Waals surface area contributed by atoms with Gasteiger partial charge in [-0.05, 0) is 173 Å². The highest BCUT2D eigenvalue weighted by molar-refractivity contribution is 6.24. The van der Waals surface area contributed by atoms with Crippen molar-refractivity contribution in [1.29, 1.82) is 5.26 Å². The molecule has 0 fully saturated rings. The van der Waals surface area contributed by atoms with Gasteiger partial charge in [-0.1, -0.05) is 105 Å². The second-order valence-electron chi connectivity index (χ2n) is 16.0. The first-order valence-electron chi connectivity index (χ1n) is 19.8. The summed E-state index contributed by atoms with van der Waals surface area (Å²) in [6, 6.07) is 65.9. The molecule has 0 aliphatic heterocycles. The summed E-state index contributed by atoms with van der Waals surface area (Å²) in [6.07, 6.45) is 3.69. The highest BCUT2D eigenvalue weighted by atomic mass is 15.1.